The molecule has 0 saturated carbocycles. The van der Waals surface area contributed by atoms with Crippen LogP contribution in [0.25, 0.3) is 21.7 Å². The Hall–Kier alpha value is -3.40. The summed E-state index contributed by atoms with van der Waals surface area (Å²) in [6, 6.07) is 21.4. The standard InChI is InChI=1S/C22H16N2O2/c25-21-12-17(18-13-23-19-10-4-3-9-16(18)19)22(26)24(21)20-11-5-7-14-6-1-2-8-15(14)20/h1-11,13,17,23H,12H2. The Morgan fingerprint density at radius 1 is 0.846 bits per heavy atom. The Bertz CT molecular complexity index is 1170. The number of hydrogen-bond donors (Lipinski definition) is 1. The van der Waals surface area contributed by atoms with Crippen molar-refractivity contribution in [3.63, 3.8) is 0 Å². The zero-order valence-electron chi connectivity index (χ0n) is 14.0. The number of carbonyl (C=O) groups excluding carboxylic acids is 2. The van der Waals surface area contributed by atoms with E-state index >= 15 is 0 Å². The topological polar surface area (TPSA) is 53.2 Å². The first-order valence-corrected chi connectivity index (χ1v) is 8.64. The molecule has 1 unspecified atom stereocenters. The Morgan fingerprint density at radius 3 is 2.46 bits per heavy atom. The number of aromatic amines is 1. The second-order valence-corrected chi connectivity index (χ2v) is 6.61. The predicted molar refractivity (Wildman–Crippen MR) is 102 cm³/mol. The molecule has 1 fully saturated rings. The molecule has 5 rings (SSSR count). The van der Waals surface area contributed by atoms with Crippen LogP contribution in [0.1, 0.15) is 17.9 Å². The maximum absolute atomic E-state index is 13.2. The molecule has 1 saturated heterocycles. The largest absolute Gasteiger partial charge is 0.361 e. The number of imide groups is 1. The van der Waals surface area contributed by atoms with E-state index in [1.54, 1.807) is 0 Å². The number of nitrogens with zero attached hydrogens (tertiary/aromatic N) is 1. The zero-order chi connectivity index (χ0) is 17.7. The molecule has 1 aliphatic rings. The maximum Gasteiger partial charge on any atom is 0.241 e. The van der Waals surface area contributed by atoms with Crippen LogP contribution in [0, 0.1) is 0 Å². The first-order valence-electron chi connectivity index (χ1n) is 8.64. The van der Waals surface area contributed by atoms with E-state index in [4.69, 9.17) is 0 Å². The van der Waals surface area contributed by atoms with Crippen molar-refractivity contribution in [3.05, 3.63) is 78.5 Å². The van der Waals surface area contributed by atoms with Gasteiger partial charge in [0.2, 0.25) is 11.8 Å². The summed E-state index contributed by atoms with van der Waals surface area (Å²) in [7, 11) is 0. The number of fused-ring (bicyclic) bond motifs is 2. The van der Waals surface area contributed by atoms with Crippen LogP contribution in [0.3, 0.4) is 0 Å². The summed E-state index contributed by atoms with van der Waals surface area (Å²) in [6.45, 7) is 0. The lowest BCUT2D eigenvalue weighted by atomic mass is 9.97. The molecule has 126 valence electrons. The van der Waals surface area contributed by atoms with E-state index < -0.39 is 5.92 Å². The van der Waals surface area contributed by atoms with Gasteiger partial charge in [-0.15, -0.1) is 0 Å². The molecular formula is C22H16N2O2. The van der Waals surface area contributed by atoms with Crippen LogP contribution in [-0.2, 0) is 9.59 Å². The SMILES string of the molecule is O=C1CC(c2c[nH]c3ccccc23)C(=O)N1c1cccc2ccccc12. The summed E-state index contributed by atoms with van der Waals surface area (Å²) >= 11 is 0. The number of nitrogens with one attached hydrogen (secondary N) is 1. The lowest BCUT2D eigenvalue weighted by Crippen LogP contribution is -2.30. The number of hydrogen-bond acceptors (Lipinski definition) is 2. The van der Waals surface area contributed by atoms with Crippen molar-refractivity contribution in [2.45, 2.75) is 12.3 Å². The average Bonchev–Trinajstić information content (AvgIpc) is 3.22. The molecule has 26 heavy (non-hydrogen) atoms. The van der Waals surface area contributed by atoms with Gasteiger partial charge in [0, 0.05) is 28.9 Å². The minimum atomic E-state index is -0.447. The zero-order valence-corrected chi connectivity index (χ0v) is 14.0. The Labute approximate surface area is 150 Å². The molecule has 4 aromatic rings. The summed E-state index contributed by atoms with van der Waals surface area (Å²) in [4.78, 5) is 30.5. The Kier molecular flexibility index (Phi) is 3.19. The van der Waals surface area contributed by atoms with Crippen LogP contribution in [0.2, 0.25) is 0 Å². The van der Waals surface area contributed by atoms with E-state index in [0.717, 1.165) is 27.2 Å². The van der Waals surface area contributed by atoms with Crippen LogP contribution in [0.4, 0.5) is 5.69 Å². The van der Waals surface area contributed by atoms with Gasteiger partial charge in [0.25, 0.3) is 0 Å². The second kappa shape index (κ2) is 5.56. The molecule has 1 aliphatic heterocycles. The van der Waals surface area contributed by atoms with Crippen molar-refractivity contribution < 1.29 is 9.59 Å². The normalized spacial score (nSPS) is 17.5. The first kappa shape index (κ1) is 14.9. The average molecular weight is 340 g/mol. The van der Waals surface area contributed by atoms with Crippen LogP contribution in [0.5, 0.6) is 0 Å². The van der Waals surface area contributed by atoms with Crippen molar-refractivity contribution in [1.82, 2.24) is 4.98 Å². The van der Waals surface area contributed by atoms with Gasteiger partial charge in [-0.05, 0) is 23.1 Å². The third kappa shape index (κ3) is 2.09. The third-order valence-electron chi connectivity index (χ3n) is 5.15. The van der Waals surface area contributed by atoms with Crippen LogP contribution in [0.15, 0.2) is 72.9 Å². The van der Waals surface area contributed by atoms with E-state index in [1.807, 2.05) is 72.9 Å². The highest BCUT2D eigenvalue weighted by atomic mass is 16.2. The molecule has 0 radical (unpaired) electrons. The van der Waals surface area contributed by atoms with Gasteiger partial charge in [0.05, 0.1) is 11.6 Å². The number of anilines is 1. The summed E-state index contributed by atoms with van der Waals surface area (Å²) < 4.78 is 0. The highest BCUT2D eigenvalue weighted by Crippen LogP contribution is 2.38. The molecule has 0 spiro atoms. The van der Waals surface area contributed by atoms with Crippen molar-refractivity contribution in [2.75, 3.05) is 4.90 Å². The minimum absolute atomic E-state index is 0.151. The Balaban J connectivity index is 1.62. The molecule has 1 N–H and O–H groups in total. The van der Waals surface area contributed by atoms with Crippen molar-refractivity contribution in [3.8, 4) is 0 Å². The number of para-hydroxylation sites is 1. The van der Waals surface area contributed by atoms with Gasteiger partial charge in [0.1, 0.15) is 0 Å². The van der Waals surface area contributed by atoms with Crippen molar-refractivity contribution in [1.29, 1.82) is 0 Å². The van der Waals surface area contributed by atoms with Gasteiger partial charge in [-0.2, -0.15) is 0 Å². The van der Waals surface area contributed by atoms with Crippen molar-refractivity contribution in [2.24, 2.45) is 0 Å². The number of H-pyrrole nitrogens is 1. The molecule has 1 atom stereocenters. The quantitative estimate of drug-likeness (QED) is 0.551. The van der Waals surface area contributed by atoms with Gasteiger partial charge >= 0.3 is 0 Å². The predicted octanol–water partition coefficient (Wildman–Crippen LogP) is 4.37. The fourth-order valence-corrected chi connectivity index (χ4v) is 3.91. The van der Waals surface area contributed by atoms with Gasteiger partial charge in [-0.1, -0.05) is 54.6 Å². The van der Waals surface area contributed by atoms with Gasteiger partial charge in [-0.25, -0.2) is 4.90 Å². The lowest BCUT2D eigenvalue weighted by molar-refractivity contribution is -0.121. The molecule has 2 amide bonds. The fourth-order valence-electron chi connectivity index (χ4n) is 3.91. The molecule has 4 heteroatoms. The molecular weight excluding hydrogens is 324 g/mol. The van der Waals surface area contributed by atoms with Crippen LogP contribution < -0.4 is 4.90 Å². The lowest BCUT2D eigenvalue weighted by Gasteiger charge is -2.17. The van der Waals surface area contributed by atoms with Gasteiger partial charge in [-0.3, -0.25) is 9.59 Å². The maximum atomic E-state index is 13.2. The smallest absolute Gasteiger partial charge is 0.241 e. The van der Waals surface area contributed by atoms with Crippen LogP contribution in [-0.4, -0.2) is 16.8 Å². The number of amides is 2. The van der Waals surface area contributed by atoms with E-state index in [2.05, 4.69) is 4.98 Å². The highest BCUT2D eigenvalue weighted by Gasteiger charge is 2.41. The summed E-state index contributed by atoms with van der Waals surface area (Å²) in [5.41, 5.74) is 2.54. The van der Waals surface area contributed by atoms with Gasteiger partial charge < -0.3 is 4.98 Å². The first-order chi connectivity index (χ1) is 12.7. The molecule has 2 heterocycles. The van der Waals surface area contributed by atoms with Crippen LogP contribution >= 0.6 is 0 Å². The number of aromatic nitrogens is 1. The molecule has 1 aromatic heterocycles. The molecule has 0 bridgehead atoms. The summed E-state index contributed by atoms with van der Waals surface area (Å²) in [5.74, 6) is -0.754. The molecule has 3 aromatic carbocycles. The number of benzene rings is 3. The Morgan fingerprint density at radius 2 is 1.58 bits per heavy atom. The summed E-state index contributed by atoms with van der Waals surface area (Å²) in [5, 5.41) is 2.93. The second-order valence-electron chi connectivity index (χ2n) is 6.61. The van der Waals surface area contributed by atoms with E-state index in [-0.39, 0.29) is 18.2 Å². The molecule has 4 nitrogen and oxygen atoms in total. The van der Waals surface area contributed by atoms with E-state index in [1.165, 1.54) is 4.90 Å². The molecule has 0 aliphatic carbocycles. The van der Waals surface area contributed by atoms with Gasteiger partial charge in [0.15, 0.2) is 0 Å². The monoisotopic (exact) mass is 340 g/mol. The highest BCUT2D eigenvalue weighted by molar-refractivity contribution is 6.26. The van der Waals surface area contributed by atoms with E-state index in [0.29, 0.717) is 5.69 Å². The summed E-state index contributed by atoms with van der Waals surface area (Å²) in [6.07, 6.45) is 2.05. The van der Waals surface area contributed by atoms with Crippen molar-refractivity contribution >= 4 is 39.2 Å². The fraction of sp³-hybridized carbons (Fsp3) is 0.0909. The number of carbonyl (C=O) groups is 2. The minimum Gasteiger partial charge on any atom is -0.361 e. The van der Waals surface area contributed by atoms with E-state index in [9.17, 15) is 9.59 Å². The number of rotatable bonds is 2. The third-order valence-corrected chi connectivity index (χ3v) is 5.15.